The normalized spacial score (nSPS) is 18.1. The van der Waals surface area contributed by atoms with Crippen LogP contribution in [-0.4, -0.2) is 5.91 Å². The van der Waals surface area contributed by atoms with Gasteiger partial charge in [-0.3, -0.25) is 4.79 Å². The van der Waals surface area contributed by atoms with Crippen molar-refractivity contribution in [2.75, 3.05) is 0 Å². The second kappa shape index (κ2) is 5.17. The fourth-order valence-corrected chi connectivity index (χ4v) is 2.38. The summed E-state index contributed by atoms with van der Waals surface area (Å²) in [7, 11) is 0. The lowest BCUT2D eigenvalue weighted by atomic mass is 9.88. The van der Waals surface area contributed by atoms with Crippen molar-refractivity contribution in [3.63, 3.8) is 0 Å². The Morgan fingerprint density at radius 3 is 2.88 bits per heavy atom. The highest BCUT2D eigenvalue weighted by Gasteiger charge is 2.20. The summed E-state index contributed by atoms with van der Waals surface area (Å²) in [5, 5.41) is 3.09. The first-order chi connectivity index (χ1) is 8.16. The predicted molar refractivity (Wildman–Crippen MR) is 69.7 cm³/mol. The van der Waals surface area contributed by atoms with Gasteiger partial charge >= 0.3 is 0 Å². The van der Waals surface area contributed by atoms with E-state index in [9.17, 15) is 4.79 Å². The standard InChI is InChI=1S/C15H19NO/c1-11(2)10-15(17)16-14-9-5-7-12-6-3-4-8-13(12)14/h3-4,6,8,10,14H,5,7,9H2,1-2H3,(H,16,17)/t14-/m1/s1. The summed E-state index contributed by atoms with van der Waals surface area (Å²) in [5.74, 6) is 0.0201. The second-order valence-corrected chi connectivity index (χ2v) is 4.87. The van der Waals surface area contributed by atoms with Crippen LogP contribution in [0.3, 0.4) is 0 Å². The Bertz CT molecular complexity index is 444. The lowest BCUT2D eigenvalue weighted by Crippen LogP contribution is -2.29. The van der Waals surface area contributed by atoms with E-state index in [1.54, 1.807) is 6.08 Å². The van der Waals surface area contributed by atoms with E-state index in [-0.39, 0.29) is 11.9 Å². The molecular formula is C15H19NO. The maximum atomic E-state index is 11.7. The van der Waals surface area contributed by atoms with Crippen LogP contribution >= 0.6 is 0 Å². The fourth-order valence-electron chi connectivity index (χ4n) is 2.38. The van der Waals surface area contributed by atoms with Gasteiger partial charge < -0.3 is 5.32 Å². The Morgan fingerprint density at radius 2 is 2.12 bits per heavy atom. The average Bonchev–Trinajstić information content (AvgIpc) is 2.28. The zero-order valence-electron chi connectivity index (χ0n) is 10.5. The van der Waals surface area contributed by atoms with E-state index in [4.69, 9.17) is 0 Å². The Labute approximate surface area is 103 Å². The molecule has 1 aliphatic carbocycles. The van der Waals surface area contributed by atoms with E-state index in [1.165, 1.54) is 11.1 Å². The van der Waals surface area contributed by atoms with Gasteiger partial charge in [0.15, 0.2) is 0 Å². The van der Waals surface area contributed by atoms with Crippen LogP contribution in [-0.2, 0) is 11.2 Å². The summed E-state index contributed by atoms with van der Waals surface area (Å²) < 4.78 is 0. The molecule has 0 aromatic heterocycles. The van der Waals surface area contributed by atoms with Crippen molar-refractivity contribution in [1.29, 1.82) is 0 Å². The first-order valence-corrected chi connectivity index (χ1v) is 6.20. The predicted octanol–water partition coefficient (Wildman–Crippen LogP) is 3.15. The molecule has 1 N–H and O–H groups in total. The molecule has 0 saturated carbocycles. The van der Waals surface area contributed by atoms with Crippen molar-refractivity contribution in [3.05, 3.63) is 47.0 Å². The van der Waals surface area contributed by atoms with Crippen LogP contribution in [0.25, 0.3) is 0 Å². The van der Waals surface area contributed by atoms with E-state index >= 15 is 0 Å². The largest absolute Gasteiger partial charge is 0.346 e. The van der Waals surface area contributed by atoms with Crippen LogP contribution in [0.1, 0.15) is 43.9 Å². The molecule has 0 radical (unpaired) electrons. The van der Waals surface area contributed by atoms with E-state index in [0.717, 1.165) is 24.8 Å². The third kappa shape index (κ3) is 2.96. The molecule has 2 rings (SSSR count). The summed E-state index contributed by atoms with van der Waals surface area (Å²) in [5.41, 5.74) is 3.70. The molecule has 0 spiro atoms. The van der Waals surface area contributed by atoms with E-state index in [1.807, 2.05) is 19.9 Å². The van der Waals surface area contributed by atoms with E-state index < -0.39 is 0 Å². The minimum absolute atomic E-state index is 0.0201. The molecule has 0 saturated heterocycles. The first-order valence-electron chi connectivity index (χ1n) is 6.20. The Balaban J connectivity index is 2.14. The summed E-state index contributed by atoms with van der Waals surface area (Å²) >= 11 is 0. The zero-order chi connectivity index (χ0) is 12.3. The van der Waals surface area contributed by atoms with Crippen molar-refractivity contribution < 1.29 is 4.79 Å². The molecule has 2 heteroatoms. The number of rotatable bonds is 2. The molecular weight excluding hydrogens is 210 g/mol. The topological polar surface area (TPSA) is 29.1 Å². The summed E-state index contributed by atoms with van der Waals surface area (Å²) in [6.45, 7) is 3.88. The van der Waals surface area contributed by atoms with E-state index in [0.29, 0.717) is 0 Å². The highest BCUT2D eigenvalue weighted by Crippen LogP contribution is 2.29. The monoisotopic (exact) mass is 229 g/mol. The summed E-state index contributed by atoms with van der Waals surface area (Å²) in [6.07, 6.45) is 4.98. The molecule has 1 aromatic rings. The summed E-state index contributed by atoms with van der Waals surface area (Å²) in [6, 6.07) is 8.59. The van der Waals surface area contributed by atoms with Gasteiger partial charge in [0.1, 0.15) is 0 Å². The van der Waals surface area contributed by atoms with Crippen molar-refractivity contribution in [3.8, 4) is 0 Å². The molecule has 0 aliphatic heterocycles. The Hall–Kier alpha value is -1.57. The fraction of sp³-hybridized carbons (Fsp3) is 0.400. The van der Waals surface area contributed by atoms with Crippen molar-refractivity contribution in [2.24, 2.45) is 0 Å². The minimum Gasteiger partial charge on any atom is -0.346 e. The quantitative estimate of drug-likeness (QED) is 0.775. The van der Waals surface area contributed by atoms with Gasteiger partial charge in [-0.2, -0.15) is 0 Å². The lowest BCUT2D eigenvalue weighted by molar-refractivity contribution is -0.117. The molecule has 2 nitrogen and oxygen atoms in total. The van der Waals surface area contributed by atoms with Crippen LogP contribution < -0.4 is 5.32 Å². The number of fused-ring (bicyclic) bond motifs is 1. The molecule has 0 heterocycles. The molecule has 90 valence electrons. The first kappa shape index (κ1) is 11.9. The molecule has 0 unspecified atom stereocenters. The maximum absolute atomic E-state index is 11.7. The molecule has 0 fully saturated rings. The van der Waals surface area contributed by atoms with Crippen LogP contribution in [0.5, 0.6) is 0 Å². The maximum Gasteiger partial charge on any atom is 0.244 e. The molecule has 1 aromatic carbocycles. The van der Waals surface area contributed by atoms with Gasteiger partial charge in [0, 0.05) is 6.08 Å². The van der Waals surface area contributed by atoms with E-state index in [2.05, 4.69) is 23.5 Å². The van der Waals surface area contributed by atoms with Crippen LogP contribution in [0, 0.1) is 0 Å². The third-order valence-electron chi connectivity index (χ3n) is 3.11. The van der Waals surface area contributed by atoms with Crippen molar-refractivity contribution >= 4 is 5.91 Å². The molecule has 1 aliphatic rings. The number of nitrogens with one attached hydrogen (secondary N) is 1. The van der Waals surface area contributed by atoms with Crippen molar-refractivity contribution in [2.45, 2.75) is 39.2 Å². The average molecular weight is 229 g/mol. The van der Waals surface area contributed by atoms with Crippen LogP contribution in [0.15, 0.2) is 35.9 Å². The van der Waals surface area contributed by atoms with Gasteiger partial charge in [0.25, 0.3) is 0 Å². The number of hydrogen-bond donors (Lipinski definition) is 1. The minimum atomic E-state index is 0.0201. The number of carbonyl (C=O) groups excluding carboxylic acids is 1. The smallest absolute Gasteiger partial charge is 0.244 e. The Morgan fingerprint density at radius 1 is 1.35 bits per heavy atom. The highest BCUT2D eigenvalue weighted by molar-refractivity contribution is 5.88. The SMILES string of the molecule is CC(C)=CC(=O)N[C@@H]1CCCc2ccccc21. The number of aryl methyl sites for hydroxylation is 1. The van der Waals surface area contributed by atoms with Gasteiger partial charge in [0.2, 0.25) is 5.91 Å². The van der Waals surface area contributed by atoms with Gasteiger partial charge in [-0.15, -0.1) is 0 Å². The van der Waals surface area contributed by atoms with Crippen LogP contribution in [0.4, 0.5) is 0 Å². The number of hydrogen-bond acceptors (Lipinski definition) is 1. The molecule has 1 amide bonds. The van der Waals surface area contributed by atoms with Gasteiger partial charge in [-0.1, -0.05) is 29.8 Å². The van der Waals surface area contributed by atoms with Crippen LogP contribution in [0.2, 0.25) is 0 Å². The molecule has 1 atom stereocenters. The summed E-state index contributed by atoms with van der Waals surface area (Å²) in [4.78, 5) is 11.7. The lowest BCUT2D eigenvalue weighted by Gasteiger charge is -2.25. The second-order valence-electron chi connectivity index (χ2n) is 4.87. The molecule has 0 bridgehead atoms. The van der Waals surface area contributed by atoms with Gasteiger partial charge in [0.05, 0.1) is 6.04 Å². The van der Waals surface area contributed by atoms with Gasteiger partial charge in [-0.05, 0) is 44.2 Å². The third-order valence-corrected chi connectivity index (χ3v) is 3.11. The number of carbonyl (C=O) groups is 1. The number of benzene rings is 1. The highest BCUT2D eigenvalue weighted by atomic mass is 16.1. The number of amides is 1. The zero-order valence-corrected chi connectivity index (χ0v) is 10.5. The van der Waals surface area contributed by atoms with Crippen molar-refractivity contribution in [1.82, 2.24) is 5.32 Å². The molecule has 17 heavy (non-hydrogen) atoms. The number of allylic oxidation sites excluding steroid dienone is 1. The van der Waals surface area contributed by atoms with Gasteiger partial charge in [-0.25, -0.2) is 0 Å². The Kier molecular flexibility index (Phi) is 3.62.